The van der Waals surface area contributed by atoms with E-state index in [-0.39, 0.29) is 5.91 Å². The number of rotatable bonds is 5. The topological polar surface area (TPSA) is 46.4 Å². The second-order valence-electron chi connectivity index (χ2n) is 3.78. The molecule has 0 atom stereocenters. The number of hydrogen-bond acceptors (Lipinski definition) is 2. The highest BCUT2D eigenvalue weighted by Crippen LogP contribution is 1.92. The van der Waals surface area contributed by atoms with E-state index in [4.69, 9.17) is 0 Å². The van der Waals surface area contributed by atoms with E-state index in [1.54, 1.807) is 18.3 Å². The van der Waals surface area contributed by atoms with Gasteiger partial charge >= 0.3 is 0 Å². The van der Waals surface area contributed by atoms with Crippen molar-refractivity contribution in [1.82, 2.24) is 10.3 Å². The van der Waals surface area contributed by atoms with Crippen molar-refractivity contribution < 1.29 is 9.69 Å². The standard InChI is InChI=1S/C11H17N3O/c1-14(2)9-5-8-13-11(15)10-6-3-4-7-12-10/h3-4,6-7H,5,8-9H2,1-2H3,(H,13,15)/p+1. The smallest absolute Gasteiger partial charge is 0.269 e. The average Bonchev–Trinajstić information content (AvgIpc) is 2.25. The van der Waals surface area contributed by atoms with Gasteiger partial charge in [-0.2, -0.15) is 0 Å². The minimum atomic E-state index is -0.0932. The average molecular weight is 208 g/mol. The fraction of sp³-hybridized carbons (Fsp3) is 0.455. The Balaban J connectivity index is 2.25. The lowest BCUT2D eigenvalue weighted by atomic mass is 10.3. The van der Waals surface area contributed by atoms with Crippen LogP contribution in [0.2, 0.25) is 0 Å². The molecule has 0 spiro atoms. The number of aromatic nitrogens is 1. The summed E-state index contributed by atoms with van der Waals surface area (Å²) in [6.07, 6.45) is 2.61. The summed E-state index contributed by atoms with van der Waals surface area (Å²) in [4.78, 5) is 16.9. The molecule has 0 aliphatic rings. The van der Waals surface area contributed by atoms with Crippen molar-refractivity contribution in [1.29, 1.82) is 0 Å². The summed E-state index contributed by atoms with van der Waals surface area (Å²) in [6.45, 7) is 1.77. The third kappa shape index (κ3) is 4.56. The minimum Gasteiger partial charge on any atom is -0.350 e. The van der Waals surface area contributed by atoms with Crippen molar-refractivity contribution >= 4 is 5.91 Å². The Labute approximate surface area is 90.3 Å². The van der Waals surface area contributed by atoms with Crippen LogP contribution in [0.25, 0.3) is 0 Å². The van der Waals surface area contributed by atoms with Crippen molar-refractivity contribution in [2.45, 2.75) is 6.42 Å². The molecule has 0 bridgehead atoms. The van der Waals surface area contributed by atoms with Gasteiger partial charge in [0.15, 0.2) is 0 Å². The molecular formula is C11H18N3O+. The predicted octanol–water partition coefficient (Wildman–Crippen LogP) is -0.654. The largest absolute Gasteiger partial charge is 0.350 e. The summed E-state index contributed by atoms with van der Waals surface area (Å²) in [6, 6.07) is 5.32. The van der Waals surface area contributed by atoms with Crippen molar-refractivity contribution in [2.24, 2.45) is 0 Å². The molecule has 0 saturated carbocycles. The minimum absolute atomic E-state index is 0.0932. The van der Waals surface area contributed by atoms with Crippen LogP contribution in [0.1, 0.15) is 16.9 Å². The Kier molecular flexibility index (Phi) is 4.77. The maximum Gasteiger partial charge on any atom is 0.269 e. The number of nitrogens with zero attached hydrogens (tertiary/aromatic N) is 1. The molecule has 4 nitrogen and oxygen atoms in total. The van der Waals surface area contributed by atoms with Gasteiger partial charge in [-0.05, 0) is 12.1 Å². The summed E-state index contributed by atoms with van der Waals surface area (Å²) in [5.74, 6) is -0.0932. The number of carbonyl (C=O) groups is 1. The second-order valence-corrected chi connectivity index (χ2v) is 3.78. The van der Waals surface area contributed by atoms with Gasteiger partial charge in [-0.1, -0.05) is 6.07 Å². The zero-order valence-corrected chi connectivity index (χ0v) is 9.29. The third-order valence-corrected chi connectivity index (χ3v) is 2.04. The summed E-state index contributed by atoms with van der Waals surface area (Å²) < 4.78 is 0. The number of hydrogen-bond donors (Lipinski definition) is 2. The van der Waals surface area contributed by atoms with Crippen molar-refractivity contribution in [2.75, 3.05) is 27.2 Å². The van der Waals surface area contributed by atoms with E-state index in [0.29, 0.717) is 12.2 Å². The van der Waals surface area contributed by atoms with Gasteiger partial charge in [0.1, 0.15) is 5.69 Å². The van der Waals surface area contributed by atoms with Crippen LogP contribution in [0.3, 0.4) is 0 Å². The van der Waals surface area contributed by atoms with Crippen LogP contribution in [-0.4, -0.2) is 38.1 Å². The molecule has 0 aliphatic heterocycles. The van der Waals surface area contributed by atoms with Gasteiger partial charge < -0.3 is 10.2 Å². The lowest BCUT2D eigenvalue weighted by molar-refractivity contribution is -0.858. The van der Waals surface area contributed by atoms with E-state index >= 15 is 0 Å². The molecule has 82 valence electrons. The molecule has 1 aromatic heterocycles. The van der Waals surface area contributed by atoms with Crippen molar-refractivity contribution in [3.05, 3.63) is 30.1 Å². The normalized spacial score (nSPS) is 10.3. The van der Waals surface area contributed by atoms with Crippen LogP contribution in [0.4, 0.5) is 0 Å². The summed E-state index contributed by atoms with van der Waals surface area (Å²) in [7, 11) is 4.20. The van der Waals surface area contributed by atoms with Crippen LogP contribution in [0.5, 0.6) is 0 Å². The fourth-order valence-electron chi connectivity index (χ4n) is 1.23. The zero-order chi connectivity index (χ0) is 11.1. The molecule has 1 heterocycles. The van der Waals surface area contributed by atoms with E-state index in [1.165, 1.54) is 4.90 Å². The van der Waals surface area contributed by atoms with Crippen LogP contribution in [0, 0.1) is 0 Å². The molecule has 0 aromatic carbocycles. The fourth-order valence-corrected chi connectivity index (χ4v) is 1.23. The Morgan fingerprint density at radius 3 is 2.87 bits per heavy atom. The zero-order valence-electron chi connectivity index (χ0n) is 9.29. The molecule has 0 saturated heterocycles. The van der Waals surface area contributed by atoms with Gasteiger partial charge in [-0.15, -0.1) is 0 Å². The lowest BCUT2D eigenvalue weighted by Crippen LogP contribution is -3.05. The van der Waals surface area contributed by atoms with E-state index in [9.17, 15) is 4.79 Å². The van der Waals surface area contributed by atoms with Gasteiger partial charge in [-0.25, -0.2) is 0 Å². The van der Waals surface area contributed by atoms with Gasteiger partial charge in [-0.3, -0.25) is 9.78 Å². The number of nitrogens with one attached hydrogen (secondary N) is 2. The first kappa shape index (κ1) is 11.7. The Bertz CT molecular complexity index is 298. The number of carbonyl (C=O) groups excluding carboxylic acids is 1. The molecule has 0 aliphatic carbocycles. The Hall–Kier alpha value is -1.42. The molecule has 0 unspecified atom stereocenters. The highest BCUT2D eigenvalue weighted by atomic mass is 16.1. The molecule has 1 aromatic rings. The van der Waals surface area contributed by atoms with Gasteiger partial charge in [0.25, 0.3) is 5.91 Å². The van der Waals surface area contributed by atoms with E-state index in [2.05, 4.69) is 24.4 Å². The van der Waals surface area contributed by atoms with E-state index < -0.39 is 0 Å². The number of quaternary nitrogens is 1. The van der Waals surface area contributed by atoms with Crippen LogP contribution < -0.4 is 10.2 Å². The first-order chi connectivity index (χ1) is 7.20. The van der Waals surface area contributed by atoms with Crippen LogP contribution >= 0.6 is 0 Å². The molecule has 1 rings (SSSR count). The summed E-state index contributed by atoms with van der Waals surface area (Å²) >= 11 is 0. The maximum absolute atomic E-state index is 11.5. The first-order valence-corrected chi connectivity index (χ1v) is 5.18. The Morgan fingerprint density at radius 2 is 2.27 bits per heavy atom. The van der Waals surface area contributed by atoms with Crippen molar-refractivity contribution in [3.63, 3.8) is 0 Å². The molecule has 0 fully saturated rings. The van der Waals surface area contributed by atoms with E-state index in [0.717, 1.165) is 13.0 Å². The summed E-state index contributed by atoms with van der Waals surface area (Å²) in [5.41, 5.74) is 0.481. The summed E-state index contributed by atoms with van der Waals surface area (Å²) in [5, 5.41) is 2.84. The SMILES string of the molecule is C[NH+](C)CCCNC(=O)c1ccccn1. The predicted molar refractivity (Wildman–Crippen MR) is 58.9 cm³/mol. The Morgan fingerprint density at radius 1 is 1.47 bits per heavy atom. The molecule has 1 amide bonds. The third-order valence-electron chi connectivity index (χ3n) is 2.04. The van der Waals surface area contributed by atoms with Crippen LogP contribution in [-0.2, 0) is 0 Å². The quantitative estimate of drug-likeness (QED) is 0.631. The van der Waals surface area contributed by atoms with Gasteiger partial charge in [0.05, 0.1) is 20.6 Å². The highest BCUT2D eigenvalue weighted by molar-refractivity contribution is 5.92. The number of pyridine rings is 1. The molecule has 2 N–H and O–H groups in total. The molecular weight excluding hydrogens is 190 g/mol. The molecule has 4 heteroatoms. The monoisotopic (exact) mass is 208 g/mol. The lowest BCUT2D eigenvalue weighted by Gasteiger charge is -2.07. The van der Waals surface area contributed by atoms with Gasteiger partial charge in [0.2, 0.25) is 0 Å². The second kappa shape index (κ2) is 6.14. The first-order valence-electron chi connectivity index (χ1n) is 5.18. The van der Waals surface area contributed by atoms with Crippen molar-refractivity contribution in [3.8, 4) is 0 Å². The van der Waals surface area contributed by atoms with Gasteiger partial charge in [0, 0.05) is 19.2 Å². The van der Waals surface area contributed by atoms with E-state index in [1.807, 2.05) is 6.07 Å². The maximum atomic E-state index is 11.5. The van der Waals surface area contributed by atoms with Crippen LogP contribution in [0.15, 0.2) is 24.4 Å². The number of amides is 1. The molecule has 15 heavy (non-hydrogen) atoms. The molecule has 0 radical (unpaired) electrons. The highest BCUT2D eigenvalue weighted by Gasteiger charge is 2.04.